The van der Waals surface area contributed by atoms with Crippen molar-refractivity contribution in [2.45, 2.75) is 89.6 Å². The van der Waals surface area contributed by atoms with Crippen molar-refractivity contribution >= 4 is 5.91 Å². The van der Waals surface area contributed by atoms with Crippen LogP contribution in [0.3, 0.4) is 0 Å². The van der Waals surface area contributed by atoms with Gasteiger partial charge in [-0.15, -0.1) is 0 Å². The monoisotopic (exact) mass is 254 g/mol. The van der Waals surface area contributed by atoms with Crippen LogP contribution in [0.4, 0.5) is 0 Å². The fourth-order valence-electron chi connectivity index (χ4n) is 2.77. The van der Waals surface area contributed by atoms with Crippen LogP contribution in [0.1, 0.15) is 77.6 Å². The van der Waals surface area contributed by atoms with Crippen LogP contribution in [0, 0.1) is 0 Å². The van der Waals surface area contributed by atoms with Gasteiger partial charge in [0.25, 0.3) is 0 Å². The molecule has 18 heavy (non-hydrogen) atoms. The van der Waals surface area contributed by atoms with E-state index in [1.807, 2.05) is 6.92 Å². The summed E-state index contributed by atoms with van der Waals surface area (Å²) >= 11 is 0. The van der Waals surface area contributed by atoms with Gasteiger partial charge in [0.1, 0.15) is 0 Å². The predicted octanol–water partition coefficient (Wildman–Crippen LogP) is 3.12. The van der Waals surface area contributed by atoms with Gasteiger partial charge in [-0.3, -0.25) is 4.79 Å². The molecule has 1 fully saturated rings. The maximum absolute atomic E-state index is 11.1. The lowest BCUT2D eigenvalue weighted by atomic mass is 9.97. The summed E-state index contributed by atoms with van der Waals surface area (Å²) in [6.45, 7) is 1.87. The number of primary amides is 1. The van der Waals surface area contributed by atoms with Gasteiger partial charge in [-0.1, -0.05) is 57.8 Å². The lowest BCUT2D eigenvalue weighted by molar-refractivity contribution is -0.119. The van der Waals surface area contributed by atoms with Crippen LogP contribution in [0.15, 0.2) is 0 Å². The van der Waals surface area contributed by atoms with E-state index in [1.165, 1.54) is 70.6 Å². The minimum atomic E-state index is -0.235. The molecule has 3 nitrogen and oxygen atoms in total. The van der Waals surface area contributed by atoms with Crippen LogP contribution in [-0.2, 0) is 4.79 Å². The quantitative estimate of drug-likeness (QED) is 0.813. The largest absolute Gasteiger partial charge is 0.368 e. The van der Waals surface area contributed by atoms with Crippen molar-refractivity contribution in [1.29, 1.82) is 0 Å². The second-order valence-corrected chi connectivity index (χ2v) is 5.75. The highest BCUT2D eigenvalue weighted by atomic mass is 16.1. The Balaban J connectivity index is 2.33. The second kappa shape index (κ2) is 9.37. The number of rotatable bonds is 3. The number of amides is 1. The Labute approximate surface area is 112 Å². The van der Waals surface area contributed by atoms with E-state index in [9.17, 15) is 4.79 Å². The molecule has 0 aromatic carbocycles. The average molecular weight is 254 g/mol. The minimum absolute atomic E-state index is 0.192. The van der Waals surface area contributed by atoms with E-state index >= 15 is 0 Å². The van der Waals surface area contributed by atoms with Gasteiger partial charge in [-0.2, -0.15) is 0 Å². The highest BCUT2D eigenvalue weighted by Crippen LogP contribution is 2.17. The Bertz CT molecular complexity index is 219. The minimum Gasteiger partial charge on any atom is -0.368 e. The SMILES string of the molecule is CC(NC1CCCCCCCCCCC1)C(N)=O. The van der Waals surface area contributed by atoms with Crippen molar-refractivity contribution in [2.24, 2.45) is 5.73 Å². The molecule has 0 radical (unpaired) electrons. The van der Waals surface area contributed by atoms with Crippen molar-refractivity contribution in [3.05, 3.63) is 0 Å². The number of carbonyl (C=O) groups excluding carboxylic acids is 1. The number of nitrogens with two attached hydrogens (primary N) is 1. The molecule has 0 aromatic rings. The summed E-state index contributed by atoms with van der Waals surface area (Å²) in [5, 5.41) is 3.40. The van der Waals surface area contributed by atoms with Crippen LogP contribution in [0.25, 0.3) is 0 Å². The molecular formula is C15H30N2O. The predicted molar refractivity (Wildman–Crippen MR) is 76.4 cm³/mol. The standard InChI is InChI=1S/C15H30N2O/c1-13(15(16)18)17-14-11-9-7-5-3-2-4-6-8-10-12-14/h13-14,17H,2-12H2,1H3,(H2,16,18). The molecule has 0 heterocycles. The molecule has 106 valence electrons. The number of hydrogen-bond acceptors (Lipinski definition) is 2. The molecule has 3 heteroatoms. The van der Waals surface area contributed by atoms with E-state index in [-0.39, 0.29) is 11.9 Å². The van der Waals surface area contributed by atoms with Gasteiger partial charge < -0.3 is 11.1 Å². The first-order valence-electron chi connectivity index (χ1n) is 7.75. The third-order valence-corrected chi connectivity index (χ3v) is 4.02. The molecule has 1 aliphatic carbocycles. The van der Waals surface area contributed by atoms with Gasteiger partial charge in [0.15, 0.2) is 0 Å². The van der Waals surface area contributed by atoms with E-state index in [0.29, 0.717) is 6.04 Å². The molecule has 0 saturated heterocycles. The summed E-state index contributed by atoms with van der Waals surface area (Å²) in [6, 6.07) is 0.287. The van der Waals surface area contributed by atoms with Crippen molar-refractivity contribution in [3.63, 3.8) is 0 Å². The topological polar surface area (TPSA) is 55.1 Å². The van der Waals surface area contributed by atoms with Crippen LogP contribution in [-0.4, -0.2) is 18.0 Å². The summed E-state index contributed by atoms with van der Waals surface area (Å²) in [7, 11) is 0. The molecule has 1 saturated carbocycles. The highest BCUT2D eigenvalue weighted by Gasteiger charge is 2.15. The van der Waals surface area contributed by atoms with E-state index < -0.39 is 0 Å². The van der Waals surface area contributed by atoms with Crippen LogP contribution in [0.2, 0.25) is 0 Å². The first-order valence-corrected chi connectivity index (χ1v) is 7.75. The molecule has 1 aliphatic rings. The van der Waals surface area contributed by atoms with Crippen molar-refractivity contribution < 1.29 is 4.79 Å². The van der Waals surface area contributed by atoms with Gasteiger partial charge in [-0.05, 0) is 19.8 Å². The molecule has 1 rings (SSSR count). The number of carbonyl (C=O) groups is 1. The third-order valence-electron chi connectivity index (χ3n) is 4.02. The van der Waals surface area contributed by atoms with Gasteiger partial charge in [-0.25, -0.2) is 0 Å². The Morgan fingerprint density at radius 1 is 0.944 bits per heavy atom. The van der Waals surface area contributed by atoms with Crippen molar-refractivity contribution in [2.75, 3.05) is 0 Å². The zero-order valence-corrected chi connectivity index (χ0v) is 11.9. The van der Waals surface area contributed by atoms with Gasteiger partial charge in [0.2, 0.25) is 5.91 Å². The Morgan fingerprint density at radius 3 is 1.72 bits per heavy atom. The fourth-order valence-corrected chi connectivity index (χ4v) is 2.77. The van der Waals surface area contributed by atoms with Crippen LogP contribution >= 0.6 is 0 Å². The van der Waals surface area contributed by atoms with E-state index in [0.717, 1.165) is 0 Å². The fraction of sp³-hybridized carbons (Fsp3) is 0.933. The molecule has 0 aliphatic heterocycles. The van der Waals surface area contributed by atoms with Gasteiger partial charge >= 0.3 is 0 Å². The third kappa shape index (κ3) is 7.00. The second-order valence-electron chi connectivity index (χ2n) is 5.75. The lowest BCUT2D eigenvalue weighted by Gasteiger charge is -2.22. The molecule has 1 unspecified atom stereocenters. The maximum atomic E-state index is 11.1. The summed E-state index contributed by atoms with van der Waals surface area (Å²) in [4.78, 5) is 11.1. The van der Waals surface area contributed by atoms with E-state index in [1.54, 1.807) is 0 Å². The summed E-state index contributed by atoms with van der Waals surface area (Å²) < 4.78 is 0. The van der Waals surface area contributed by atoms with Crippen molar-refractivity contribution in [3.8, 4) is 0 Å². The van der Waals surface area contributed by atoms with Crippen molar-refractivity contribution in [1.82, 2.24) is 5.32 Å². The maximum Gasteiger partial charge on any atom is 0.234 e. The smallest absolute Gasteiger partial charge is 0.234 e. The van der Waals surface area contributed by atoms with Gasteiger partial charge in [0, 0.05) is 6.04 Å². The Hall–Kier alpha value is -0.570. The van der Waals surface area contributed by atoms with Crippen LogP contribution in [0.5, 0.6) is 0 Å². The lowest BCUT2D eigenvalue weighted by Crippen LogP contribution is -2.44. The molecule has 1 amide bonds. The number of nitrogens with one attached hydrogen (secondary N) is 1. The highest BCUT2D eigenvalue weighted by molar-refractivity contribution is 5.79. The average Bonchev–Trinajstić information content (AvgIpc) is 2.32. The summed E-state index contributed by atoms with van der Waals surface area (Å²) in [5.41, 5.74) is 5.32. The summed E-state index contributed by atoms with van der Waals surface area (Å²) in [5.74, 6) is -0.235. The van der Waals surface area contributed by atoms with E-state index in [4.69, 9.17) is 5.73 Å². The summed E-state index contributed by atoms with van der Waals surface area (Å²) in [6.07, 6.45) is 14.6. The van der Waals surface area contributed by atoms with Crippen LogP contribution < -0.4 is 11.1 Å². The molecular weight excluding hydrogens is 224 g/mol. The van der Waals surface area contributed by atoms with E-state index in [2.05, 4.69) is 5.32 Å². The van der Waals surface area contributed by atoms with Gasteiger partial charge in [0.05, 0.1) is 6.04 Å². The zero-order valence-electron chi connectivity index (χ0n) is 11.9. The molecule has 0 bridgehead atoms. The number of hydrogen-bond donors (Lipinski definition) is 2. The first-order chi connectivity index (χ1) is 8.70. The zero-order chi connectivity index (χ0) is 13.2. The Kier molecular flexibility index (Phi) is 8.06. The first kappa shape index (κ1) is 15.5. The molecule has 1 atom stereocenters. The molecule has 0 spiro atoms. The molecule has 3 N–H and O–H groups in total. The molecule has 0 aromatic heterocycles. The normalized spacial score (nSPS) is 22.7. The Morgan fingerprint density at radius 2 is 1.33 bits per heavy atom.